The zero-order valence-corrected chi connectivity index (χ0v) is 7.79. The molecule has 70 valence electrons. The molecule has 0 aromatic heterocycles. The minimum Gasteiger partial charge on any atom is -0.385 e. The average Bonchev–Trinajstić information content (AvgIpc) is 2.86. The van der Waals surface area contributed by atoms with E-state index in [9.17, 15) is 5.11 Å². The summed E-state index contributed by atoms with van der Waals surface area (Å²) in [5.74, 6) is 0. The fraction of sp³-hybridized carbons (Fsp3) is 0.455. The van der Waals surface area contributed by atoms with Crippen LogP contribution in [0.3, 0.4) is 0 Å². The Morgan fingerprint density at radius 1 is 1.38 bits per heavy atom. The van der Waals surface area contributed by atoms with Crippen LogP contribution in [0.25, 0.3) is 0 Å². The molecule has 2 nitrogen and oxygen atoms in total. The van der Waals surface area contributed by atoms with Crippen LogP contribution in [0, 0.1) is 0 Å². The fourth-order valence-electron chi connectivity index (χ4n) is 1.64. The van der Waals surface area contributed by atoms with Crippen molar-refractivity contribution in [1.29, 1.82) is 0 Å². The lowest BCUT2D eigenvalue weighted by Gasteiger charge is -2.13. The van der Waals surface area contributed by atoms with Crippen molar-refractivity contribution in [2.45, 2.75) is 25.0 Å². The number of hydrogen-bond acceptors (Lipinski definition) is 2. The lowest BCUT2D eigenvalue weighted by molar-refractivity contribution is 0.141. The van der Waals surface area contributed by atoms with E-state index in [1.807, 2.05) is 24.3 Å². The second-order valence-electron chi connectivity index (χ2n) is 3.62. The van der Waals surface area contributed by atoms with Crippen molar-refractivity contribution in [1.82, 2.24) is 0 Å². The number of aliphatic hydroxyl groups is 1. The van der Waals surface area contributed by atoms with E-state index in [1.54, 1.807) is 7.11 Å². The molecule has 1 aromatic carbocycles. The minimum atomic E-state index is -0.547. The maximum atomic E-state index is 9.95. The zero-order valence-electron chi connectivity index (χ0n) is 7.79. The van der Waals surface area contributed by atoms with Crippen LogP contribution in [0.2, 0.25) is 0 Å². The van der Waals surface area contributed by atoms with Crippen molar-refractivity contribution in [3.8, 4) is 0 Å². The maximum absolute atomic E-state index is 9.95. The molecule has 2 heteroatoms. The monoisotopic (exact) mass is 178 g/mol. The van der Waals surface area contributed by atoms with Gasteiger partial charge in [0.2, 0.25) is 0 Å². The van der Waals surface area contributed by atoms with E-state index >= 15 is 0 Å². The molecule has 1 N–H and O–H groups in total. The molecule has 1 aliphatic rings. The number of hydrogen-bond donors (Lipinski definition) is 1. The largest absolute Gasteiger partial charge is 0.385 e. The van der Waals surface area contributed by atoms with Crippen LogP contribution in [0.4, 0.5) is 0 Å². The second kappa shape index (κ2) is 3.13. The van der Waals surface area contributed by atoms with Gasteiger partial charge >= 0.3 is 0 Å². The average molecular weight is 178 g/mol. The highest BCUT2D eigenvalue weighted by Crippen LogP contribution is 2.46. The van der Waals surface area contributed by atoms with Crippen LogP contribution >= 0.6 is 0 Å². The number of methoxy groups -OCH3 is 1. The van der Waals surface area contributed by atoms with Gasteiger partial charge in [0, 0.05) is 7.11 Å². The van der Waals surface area contributed by atoms with Gasteiger partial charge < -0.3 is 9.84 Å². The highest BCUT2D eigenvalue weighted by Gasteiger charge is 2.43. The van der Waals surface area contributed by atoms with Gasteiger partial charge in [-0.05, 0) is 24.0 Å². The summed E-state index contributed by atoms with van der Waals surface area (Å²) in [7, 11) is 1.67. The summed E-state index contributed by atoms with van der Waals surface area (Å²) in [6.45, 7) is 0.582. The number of ether oxygens (including phenoxy) is 1. The molecule has 0 spiro atoms. The zero-order chi connectivity index (χ0) is 9.31. The van der Waals surface area contributed by atoms with E-state index in [2.05, 4.69) is 0 Å². The standard InChI is InChI=1S/C11H14O2/c1-13-8-9-4-2-3-5-10(9)11(12)6-7-11/h2-5,12H,6-8H2,1H3. The second-order valence-corrected chi connectivity index (χ2v) is 3.62. The van der Waals surface area contributed by atoms with Crippen molar-refractivity contribution in [2.75, 3.05) is 7.11 Å². The summed E-state index contributed by atoms with van der Waals surface area (Å²) in [6.07, 6.45) is 1.77. The first-order valence-electron chi connectivity index (χ1n) is 4.56. The van der Waals surface area contributed by atoms with Crippen LogP contribution in [-0.2, 0) is 16.9 Å². The number of benzene rings is 1. The van der Waals surface area contributed by atoms with Crippen LogP contribution in [0.5, 0.6) is 0 Å². The Balaban J connectivity index is 2.32. The molecule has 0 radical (unpaired) electrons. The molecular weight excluding hydrogens is 164 g/mol. The molecule has 0 unspecified atom stereocenters. The predicted octanol–water partition coefficient (Wildman–Crippen LogP) is 1.81. The Labute approximate surface area is 78.2 Å². The topological polar surface area (TPSA) is 29.5 Å². The summed E-state index contributed by atoms with van der Waals surface area (Å²) in [5.41, 5.74) is 1.59. The molecule has 0 saturated heterocycles. The summed E-state index contributed by atoms with van der Waals surface area (Å²) >= 11 is 0. The first kappa shape index (κ1) is 8.73. The van der Waals surface area contributed by atoms with Gasteiger partial charge in [-0.1, -0.05) is 24.3 Å². The van der Waals surface area contributed by atoms with Crippen LogP contribution < -0.4 is 0 Å². The minimum absolute atomic E-state index is 0.547. The quantitative estimate of drug-likeness (QED) is 0.765. The molecule has 13 heavy (non-hydrogen) atoms. The van der Waals surface area contributed by atoms with E-state index in [4.69, 9.17) is 4.74 Å². The first-order chi connectivity index (χ1) is 6.26. The summed E-state index contributed by atoms with van der Waals surface area (Å²) < 4.78 is 5.08. The van der Waals surface area contributed by atoms with Gasteiger partial charge in [0.1, 0.15) is 0 Å². The summed E-state index contributed by atoms with van der Waals surface area (Å²) in [6, 6.07) is 7.94. The van der Waals surface area contributed by atoms with Crippen molar-refractivity contribution in [2.24, 2.45) is 0 Å². The van der Waals surface area contributed by atoms with Crippen molar-refractivity contribution < 1.29 is 9.84 Å². The number of rotatable bonds is 3. The molecule has 1 aliphatic carbocycles. The highest BCUT2D eigenvalue weighted by molar-refractivity contribution is 5.35. The molecule has 1 fully saturated rings. The van der Waals surface area contributed by atoms with Gasteiger partial charge in [-0.15, -0.1) is 0 Å². The van der Waals surface area contributed by atoms with Gasteiger partial charge in [-0.2, -0.15) is 0 Å². The Morgan fingerprint density at radius 3 is 2.69 bits per heavy atom. The third-order valence-electron chi connectivity index (χ3n) is 2.54. The predicted molar refractivity (Wildman–Crippen MR) is 50.3 cm³/mol. The molecule has 2 rings (SSSR count). The summed E-state index contributed by atoms with van der Waals surface area (Å²) in [5, 5.41) is 9.95. The van der Waals surface area contributed by atoms with Gasteiger partial charge in [-0.25, -0.2) is 0 Å². The molecule has 0 aliphatic heterocycles. The van der Waals surface area contributed by atoms with E-state index < -0.39 is 5.60 Å². The molecule has 1 aromatic rings. The molecule has 0 atom stereocenters. The highest BCUT2D eigenvalue weighted by atomic mass is 16.5. The van der Waals surface area contributed by atoms with E-state index in [0.29, 0.717) is 6.61 Å². The SMILES string of the molecule is COCc1ccccc1C1(O)CC1. The Kier molecular flexibility index (Phi) is 2.10. The van der Waals surface area contributed by atoms with Crippen LogP contribution in [0.1, 0.15) is 24.0 Å². The van der Waals surface area contributed by atoms with Gasteiger partial charge in [0.15, 0.2) is 0 Å². The van der Waals surface area contributed by atoms with E-state index in [0.717, 1.165) is 24.0 Å². The smallest absolute Gasteiger partial charge is 0.0902 e. The fourth-order valence-corrected chi connectivity index (χ4v) is 1.64. The Bertz CT molecular complexity index is 303. The summed E-state index contributed by atoms with van der Waals surface area (Å²) in [4.78, 5) is 0. The van der Waals surface area contributed by atoms with Crippen molar-refractivity contribution in [3.05, 3.63) is 35.4 Å². The Morgan fingerprint density at radius 2 is 2.08 bits per heavy atom. The third kappa shape index (κ3) is 1.60. The van der Waals surface area contributed by atoms with E-state index in [-0.39, 0.29) is 0 Å². The first-order valence-corrected chi connectivity index (χ1v) is 4.56. The van der Waals surface area contributed by atoms with Crippen LogP contribution in [-0.4, -0.2) is 12.2 Å². The Hall–Kier alpha value is -0.860. The van der Waals surface area contributed by atoms with Crippen LogP contribution in [0.15, 0.2) is 24.3 Å². The maximum Gasteiger partial charge on any atom is 0.0902 e. The lowest BCUT2D eigenvalue weighted by atomic mass is 10.0. The van der Waals surface area contributed by atoms with Crippen molar-refractivity contribution >= 4 is 0 Å². The normalized spacial score (nSPS) is 18.6. The third-order valence-corrected chi connectivity index (χ3v) is 2.54. The van der Waals surface area contributed by atoms with E-state index in [1.165, 1.54) is 0 Å². The van der Waals surface area contributed by atoms with Gasteiger partial charge in [-0.3, -0.25) is 0 Å². The molecule has 0 heterocycles. The van der Waals surface area contributed by atoms with Gasteiger partial charge in [0.25, 0.3) is 0 Å². The molecule has 0 bridgehead atoms. The molecule has 1 saturated carbocycles. The molecular formula is C11H14O2. The lowest BCUT2D eigenvalue weighted by Crippen LogP contribution is -2.08. The van der Waals surface area contributed by atoms with Gasteiger partial charge in [0.05, 0.1) is 12.2 Å². The van der Waals surface area contributed by atoms with Crippen molar-refractivity contribution in [3.63, 3.8) is 0 Å². The molecule has 0 amide bonds.